The summed E-state index contributed by atoms with van der Waals surface area (Å²) in [6, 6.07) is 4.04. The summed E-state index contributed by atoms with van der Waals surface area (Å²) in [4.78, 5) is 34.1. The van der Waals surface area contributed by atoms with Gasteiger partial charge in [-0.2, -0.15) is 0 Å². The summed E-state index contributed by atoms with van der Waals surface area (Å²) < 4.78 is 15.0. The highest BCUT2D eigenvalue weighted by Gasteiger charge is 2.24. The number of amides is 1. The highest BCUT2D eigenvalue weighted by atomic mass is 16.6. The third-order valence-electron chi connectivity index (χ3n) is 3.58. The molecule has 0 spiro atoms. The van der Waals surface area contributed by atoms with Crippen LogP contribution in [0.4, 0.5) is 11.4 Å². The highest BCUT2D eigenvalue weighted by Crippen LogP contribution is 2.28. The average molecular weight is 338 g/mol. The van der Waals surface area contributed by atoms with Crippen molar-refractivity contribution in [1.82, 2.24) is 0 Å². The van der Waals surface area contributed by atoms with Gasteiger partial charge in [-0.15, -0.1) is 0 Å². The molecule has 1 heterocycles. The second kappa shape index (κ2) is 8.25. The molecule has 1 amide bonds. The minimum Gasteiger partial charge on any atom is -0.496 e. The third-order valence-corrected chi connectivity index (χ3v) is 3.58. The van der Waals surface area contributed by atoms with E-state index in [9.17, 15) is 19.7 Å². The molecule has 0 saturated carbocycles. The third kappa shape index (κ3) is 4.66. The fourth-order valence-electron chi connectivity index (χ4n) is 2.27. The second-order valence-electron chi connectivity index (χ2n) is 5.18. The van der Waals surface area contributed by atoms with Crippen LogP contribution in [0.5, 0.6) is 5.75 Å². The standard InChI is InChI=1S/C15H18N2O7/c1-22-11-2-3-12(13(8-11)17(20)21)16-14(18)9-24-15(19)10-4-6-23-7-5-10/h2-3,8,10H,4-7,9H2,1H3,(H,16,18). The average Bonchev–Trinajstić information content (AvgIpc) is 2.60. The summed E-state index contributed by atoms with van der Waals surface area (Å²) in [6.07, 6.45) is 1.12. The molecule has 0 unspecified atom stereocenters. The van der Waals surface area contributed by atoms with Gasteiger partial charge in [0.05, 0.1) is 24.0 Å². The maximum absolute atomic E-state index is 11.9. The van der Waals surface area contributed by atoms with Crippen molar-refractivity contribution in [2.24, 2.45) is 5.92 Å². The van der Waals surface area contributed by atoms with Gasteiger partial charge < -0.3 is 19.5 Å². The Balaban J connectivity index is 1.92. The fraction of sp³-hybridized carbons (Fsp3) is 0.467. The molecule has 1 fully saturated rings. The lowest BCUT2D eigenvalue weighted by molar-refractivity contribution is -0.384. The van der Waals surface area contributed by atoms with E-state index in [0.717, 1.165) is 0 Å². The van der Waals surface area contributed by atoms with Crippen molar-refractivity contribution in [3.63, 3.8) is 0 Å². The first-order valence-corrected chi connectivity index (χ1v) is 7.38. The van der Waals surface area contributed by atoms with E-state index < -0.39 is 23.4 Å². The Morgan fingerprint density at radius 1 is 1.38 bits per heavy atom. The summed E-state index contributed by atoms with van der Waals surface area (Å²) in [5, 5.41) is 13.4. The van der Waals surface area contributed by atoms with Gasteiger partial charge >= 0.3 is 5.97 Å². The van der Waals surface area contributed by atoms with E-state index in [4.69, 9.17) is 14.2 Å². The number of nitrogens with zero attached hydrogens (tertiary/aromatic N) is 1. The molecule has 1 N–H and O–H groups in total. The number of nitro benzene ring substituents is 1. The molecular weight excluding hydrogens is 320 g/mol. The van der Waals surface area contributed by atoms with Gasteiger partial charge in [-0.3, -0.25) is 19.7 Å². The molecule has 0 aliphatic carbocycles. The van der Waals surface area contributed by atoms with E-state index in [2.05, 4.69) is 5.32 Å². The van der Waals surface area contributed by atoms with E-state index in [0.29, 0.717) is 31.8 Å². The van der Waals surface area contributed by atoms with E-state index in [-0.39, 0.29) is 17.3 Å². The van der Waals surface area contributed by atoms with Gasteiger partial charge in [0.1, 0.15) is 11.4 Å². The fourth-order valence-corrected chi connectivity index (χ4v) is 2.27. The molecule has 0 radical (unpaired) electrons. The van der Waals surface area contributed by atoms with Gasteiger partial charge in [-0.1, -0.05) is 0 Å². The molecule has 1 aromatic rings. The molecular formula is C15H18N2O7. The maximum Gasteiger partial charge on any atom is 0.309 e. The first-order valence-electron chi connectivity index (χ1n) is 7.38. The zero-order valence-electron chi connectivity index (χ0n) is 13.1. The van der Waals surface area contributed by atoms with Crippen LogP contribution in [0.25, 0.3) is 0 Å². The molecule has 24 heavy (non-hydrogen) atoms. The van der Waals surface area contributed by atoms with Gasteiger partial charge in [0, 0.05) is 13.2 Å². The van der Waals surface area contributed by atoms with Crippen LogP contribution in [0.15, 0.2) is 18.2 Å². The minimum absolute atomic E-state index is 0.00733. The molecule has 1 saturated heterocycles. The Bertz CT molecular complexity index is 626. The predicted molar refractivity (Wildman–Crippen MR) is 82.8 cm³/mol. The Morgan fingerprint density at radius 2 is 2.08 bits per heavy atom. The first kappa shape index (κ1) is 17.7. The van der Waals surface area contributed by atoms with Gasteiger partial charge in [-0.25, -0.2) is 0 Å². The van der Waals surface area contributed by atoms with Crippen LogP contribution in [0.1, 0.15) is 12.8 Å². The molecule has 1 aromatic carbocycles. The summed E-state index contributed by atoms with van der Waals surface area (Å²) in [5.41, 5.74) is -0.300. The molecule has 130 valence electrons. The van der Waals surface area contributed by atoms with Gasteiger partial charge in [-0.05, 0) is 25.0 Å². The van der Waals surface area contributed by atoms with Crippen molar-refractivity contribution >= 4 is 23.3 Å². The van der Waals surface area contributed by atoms with E-state index >= 15 is 0 Å². The van der Waals surface area contributed by atoms with E-state index in [1.807, 2.05) is 0 Å². The van der Waals surface area contributed by atoms with E-state index in [1.54, 1.807) is 0 Å². The highest BCUT2D eigenvalue weighted by molar-refractivity contribution is 5.95. The zero-order valence-corrected chi connectivity index (χ0v) is 13.1. The van der Waals surface area contributed by atoms with Crippen molar-refractivity contribution in [3.05, 3.63) is 28.3 Å². The number of benzene rings is 1. The van der Waals surface area contributed by atoms with Crippen molar-refractivity contribution in [2.75, 3.05) is 32.2 Å². The molecule has 0 atom stereocenters. The minimum atomic E-state index is -0.649. The van der Waals surface area contributed by atoms with Crippen LogP contribution in [0, 0.1) is 16.0 Å². The van der Waals surface area contributed by atoms with Crippen molar-refractivity contribution in [1.29, 1.82) is 0 Å². The van der Waals surface area contributed by atoms with Crippen molar-refractivity contribution < 1.29 is 28.7 Å². The number of rotatable bonds is 6. The van der Waals surface area contributed by atoms with Gasteiger partial charge in [0.15, 0.2) is 6.61 Å². The van der Waals surface area contributed by atoms with Crippen LogP contribution in [0.2, 0.25) is 0 Å². The van der Waals surface area contributed by atoms with Crippen LogP contribution in [-0.2, 0) is 19.1 Å². The Kier molecular flexibility index (Phi) is 6.07. The number of esters is 1. The lowest BCUT2D eigenvalue weighted by atomic mass is 10.0. The number of hydrogen-bond acceptors (Lipinski definition) is 7. The van der Waals surface area contributed by atoms with Gasteiger partial charge in [0.2, 0.25) is 0 Å². The number of hydrogen-bond donors (Lipinski definition) is 1. The Morgan fingerprint density at radius 3 is 2.71 bits per heavy atom. The predicted octanol–water partition coefficient (Wildman–Crippen LogP) is 1.51. The quantitative estimate of drug-likeness (QED) is 0.474. The molecule has 9 heteroatoms. The summed E-state index contributed by atoms with van der Waals surface area (Å²) in [6.45, 7) is 0.480. The van der Waals surface area contributed by atoms with Crippen LogP contribution in [0.3, 0.4) is 0 Å². The molecule has 1 aliphatic heterocycles. The molecule has 0 bridgehead atoms. The normalized spacial score (nSPS) is 14.7. The SMILES string of the molecule is COc1ccc(NC(=O)COC(=O)C2CCOCC2)c([N+](=O)[O-])c1. The lowest BCUT2D eigenvalue weighted by Gasteiger charge is -2.20. The maximum atomic E-state index is 11.9. The number of nitrogens with one attached hydrogen (secondary N) is 1. The largest absolute Gasteiger partial charge is 0.496 e. The molecule has 1 aliphatic rings. The zero-order chi connectivity index (χ0) is 17.5. The smallest absolute Gasteiger partial charge is 0.309 e. The van der Waals surface area contributed by atoms with E-state index in [1.165, 1.54) is 25.3 Å². The second-order valence-corrected chi connectivity index (χ2v) is 5.18. The monoisotopic (exact) mass is 338 g/mol. The number of nitro groups is 1. The van der Waals surface area contributed by atoms with Crippen molar-refractivity contribution in [3.8, 4) is 5.75 Å². The summed E-state index contributed by atoms with van der Waals surface area (Å²) >= 11 is 0. The topological polar surface area (TPSA) is 117 Å². The number of carbonyl (C=O) groups excluding carboxylic acids is 2. The Labute approximate surface area is 138 Å². The van der Waals surface area contributed by atoms with Crippen molar-refractivity contribution in [2.45, 2.75) is 12.8 Å². The number of methoxy groups -OCH3 is 1. The number of ether oxygens (including phenoxy) is 3. The van der Waals surface area contributed by atoms with Gasteiger partial charge in [0.25, 0.3) is 11.6 Å². The molecule has 2 rings (SSSR count). The lowest BCUT2D eigenvalue weighted by Crippen LogP contribution is -2.28. The Hall–Kier alpha value is -2.68. The first-order chi connectivity index (χ1) is 11.5. The molecule has 9 nitrogen and oxygen atoms in total. The van der Waals surface area contributed by atoms with Crippen LogP contribution >= 0.6 is 0 Å². The summed E-state index contributed by atoms with van der Waals surface area (Å²) in [7, 11) is 1.38. The molecule has 0 aromatic heterocycles. The van der Waals surface area contributed by atoms with Crippen LogP contribution in [-0.4, -0.2) is 43.7 Å². The van der Waals surface area contributed by atoms with Crippen LogP contribution < -0.4 is 10.1 Å². The number of carbonyl (C=O) groups is 2. The summed E-state index contributed by atoms with van der Waals surface area (Å²) in [5.74, 6) is -1.09. The number of anilines is 1.